The molecule has 0 aliphatic rings. The van der Waals surface area contributed by atoms with Gasteiger partial charge in [-0.05, 0) is 25.7 Å². The van der Waals surface area contributed by atoms with Crippen molar-refractivity contribution in [2.45, 2.75) is 51.4 Å². The first-order valence-corrected chi connectivity index (χ1v) is 12.3. The average Bonchev–Trinajstić information content (AvgIpc) is 2.66. The maximum absolute atomic E-state index is 10.1. The number of carbonyl (C=O) groups is 1. The van der Waals surface area contributed by atoms with Crippen molar-refractivity contribution in [1.29, 1.82) is 0 Å². The molecule has 0 N–H and O–H groups in total. The van der Waals surface area contributed by atoms with Crippen LogP contribution in [0, 0.1) is 0 Å². The summed E-state index contributed by atoms with van der Waals surface area (Å²) in [4.78, 5) is 10.1. The number of aliphatic carboxylic acids is 1. The molecule has 0 spiro atoms. The Bertz CT molecular complexity index is 559. The third-order valence-corrected chi connectivity index (χ3v) is 7.43. The zero-order valence-electron chi connectivity index (χ0n) is 15.5. The van der Waals surface area contributed by atoms with E-state index in [1.54, 1.807) is 0 Å². The molecule has 1 radical (unpaired) electrons. The van der Waals surface area contributed by atoms with E-state index in [2.05, 4.69) is 67.2 Å². The molecule has 3 heteroatoms. The van der Waals surface area contributed by atoms with Gasteiger partial charge in [0.25, 0.3) is 0 Å². The summed E-state index contributed by atoms with van der Waals surface area (Å²) in [5.41, 5.74) is 0. The molecule has 0 bridgehead atoms. The van der Waals surface area contributed by atoms with Crippen molar-refractivity contribution in [2.24, 2.45) is 0 Å². The zero-order chi connectivity index (χ0) is 18.9. The van der Waals surface area contributed by atoms with Crippen molar-refractivity contribution in [3.05, 3.63) is 73.3 Å². The predicted octanol–water partition coefficient (Wildman–Crippen LogP) is 3.38. The summed E-state index contributed by atoms with van der Waals surface area (Å²) >= 11 is -0.517. The van der Waals surface area contributed by atoms with Gasteiger partial charge < -0.3 is 9.90 Å². The Morgan fingerprint density at radius 3 is 1.73 bits per heavy atom. The number of allylic oxidation sites excluding steroid dienone is 1. The van der Waals surface area contributed by atoms with E-state index in [0.717, 1.165) is 25.7 Å². The SMILES string of the molecule is C=CCCCCCCCCC(=O)[O-].c1cc[c]([Sn+][c]2ccccc2)cc1. The second kappa shape index (κ2) is 15.7. The molecular weight excluding hydrogens is 427 g/mol. The summed E-state index contributed by atoms with van der Waals surface area (Å²) in [5, 5.41) is 10.1. The normalized spacial score (nSPS) is 9.69. The fourth-order valence-corrected chi connectivity index (χ4v) is 5.48. The standard InChI is InChI=1S/C11H20O2.2C6H5.Sn/c1-2-3-4-5-6-7-8-9-10-11(12)13;2*1-2-4-6-5-3-1;/h2H,1,3-10H2,(H,12,13);2*1-5H;/q;;;+1/p-1. The molecule has 0 aliphatic carbocycles. The van der Waals surface area contributed by atoms with E-state index < -0.39 is 27.1 Å². The molecule has 137 valence electrons. The van der Waals surface area contributed by atoms with Gasteiger partial charge in [0.05, 0.1) is 0 Å². The monoisotopic (exact) mass is 457 g/mol. The molecule has 0 aromatic heterocycles. The van der Waals surface area contributed by atoms with Gasteiger partial charge >= 0.3 is 89.0 Å². The molecule has 0 aliphatic heterocycles. The van der Waals surface area contributed by atoms with Gasteiger partial charge in [0, 0.05) is 5.97 Å². The van der Waals surface area contributed by atoms with Crippen LogP contribution < -0.4 is 12.3 Å². The average molecular weight is 456 g/mol. The van der Waals surface area contributed by atoms with Gasteiger partial charge in [0.1, 0.15) is 0 Å². The van der Waals surface area contributed by atoms with E-state index in [1.165, 1.54) is 26.4 Å². The first kappa shape index (κ1) is 22.5. The van der Waals surface area contributed by atoms with Crippen LogP contribution in [0.25, 0.3) is 0 Å². The van der Waals surface area contributed by atoms with Crippen LogP contribution in [0.3, 0.4) is 0 Å². The van der Waals surface area contributed by atoms with Crippen LogP contribution in [0.1, 0.15) is 51.4 Å². The Kier molecular flexibility index (Phi) is 13.6. The van der Waals surface area contributed by atoms with Crippen LogP contribution in [0.5, 0.6) is 0 Å². The summed E-state index contributed by atoms with van der Waals surface area (Å²) in [6.45, 7) is 3.66. The van der Waals surface area contributed by atoms with Crippen molar-refractivity contribution in [3.8, 4) is 0 Å². The van der Waals surface area contributed by atoms with Gasteiger partial charge in [-0.25, -0.2) is 0 Å². The molecule has 2 nitrogen and oxygen atoms in total. The fraction of sp³-hybridized carbons (Fsp3) is 0.348. The summed E-state index contributed by atoms with van der Waals surface area (Å²) in [6.07, 6.45) is 9.83. The molecule has 0 unspecified atom stereocenters. The minimum absolute atomic E-state index is 0.215. The van der Waals surface area contributed by atoms with E-state index in [1.807, 2.05) is 6.08 Å². The van der Waals surface area contributed by atoms with Crippen molar-refractivity contribution in [2.75, 3.05) is 0 Å². The summed E-state index contributed by atoms with van der Waals surface area (Å²) in [7, 11) is 0. The Morgan fingerprint density at radius 1 is 0.808 bits per heavy atom. The molecule has 0 fully saturated rings. The van der Waals surface area contributed by atoms with Crippen molar-refractivity contribution in [1.82, 2.24) is 0 Å². The van der Waals surface area contributed by atoms with Gasteiger partial charge in [-0.3, -0.25) is 0 Å². The van der Waals surface area contributed by atoms with E-state index in [0.29, 0.717) is 0 Å². The Hall–Kier alpha value is -1.55. The van der Waals surface area contributed by atoms with Gasteiger partial charge in [-0.1, -0.05) is 31.8 Å². The number of hydrogen-bond donors (Lipinski definition) is 0. The van der Waals surface area contributed by atoms with Crippen molar-refractivity contribution in [3.63, 3.8) is 0 Å². The third-order valence-electron chi connectivity index (χ3n) is 3.88. The topological polar surface area (TPSA) is 40.1 Å². The molecule has 0 saturated carbocycles. The minimum atomic E-state index is -0.924. The first-order chi connectivity index (χ1) is 12.7. The van der Waals surface area contributed by atoms with Crippen LogP contribution in [0.4, 0.5) is 0 Å². The molecule has 26 heavy (non-hydrogen) atoms. The molecule has 2 aromatic carbocycles. The summed E-state index contributed by atoms with van der Waals surface area (Å²) < 4.78 is 3.08. The molecule has 0 amide bonds. The van der Waals surface area contributed by atoms with Crippen LogP contribution >= 0.6 is 0 Å². The predicted molar refractivity (Wildman–Crippen MR) is 110 cm³/mol. The molecule has 0 heterocycles. The van der Waals surface area contributed by atoms with Gasteiger partial charge in [0.2, 0.25) is 0 Å². The van der Waals surface area contributed by atoms with Gasteiger partial charge in [0.15, 0.2) is 0 Å². The maximum atomic E-state index is 10.1. The molecule has 0 saturated heterocycles. The second-order valence-electron chi connectivity index (χ2n) is 6.18. The number of rotatable bonds is 11. The summed E-state index contributed by atoms with van der Waals surface area (Å²) in [6, 6.07) is 21.6. The summed E-state index contributed by atoms with van der Waals surface area (Å²) in [5.74, 6) is -0.924. The Morgan fingerprint density at radius 2 is 1.27 bits per heavy atom. The van der Waals surface area contributed by atoms with Crippen LogP contribution in [-0.2, 0) is 4.79 Å². The van der Waals surface area contributed by atoms with Crippen molar-refractivity contribution < 1.29 is 9.90 Å². The van der Waals surface area contributed by atoms with Crippen LogP contribution in [-0.4, -0.2) is 27.1 Å². The third kappa shape index (κ3) is 12.8. The van der Waals surface area contributed by atoms with E-state index in [4.69, 9.17) is 0 Å². The van der Waals surface area contributed by atoms with Gasteiger partial charge in [-0.15, -0.1) is 6.58 Å². The Labute approximate surface area is 168 Å². The number of hydrogen-bond acceptors (Lipinski definition) is 2. The first-order valence-electron chi connectivity index (χ1n) is 9.40. The molecular formula is C23H29O2Sn. The van der Waals surface area contributed by atoms with Crippen LogP contribution in [0.15, 0.2) is 73.3 Å². The number of carbonyl (C=O) groups excluding carboxylic acids is 1. The number of benzene rings is 2. The molecule has 2 rings (SSSR count). The zero-order valence-corrected chi connectivity index (χ0v) is 18.4. The second-order valence-corrected chi connectivity index (χ2v) is 10.2. The van der Waals surface area contributed by atoms with E-state index in [-0.39, 0.29) is 6.42 Å². The number of carboxylic acids is 1. The Balaban J connectivity index is 0.000000260. The number of unbranched alkanes of at least 4 members (excludes halogenated alkanes) is 6. The van der Waals surface area contributed by atoms with Crippen molar-refractivity contribution >= 4 is 34.3 Å². The quantitative estimate of drug-likeness (QED) is 0.296. The number of carboxylic acid groups (broad SMARTS) is 1. The molecule has 0 atom stereocenters. The van der Waals surface area contributed by atoms with Gasteiger partial charge in [-0.2, -0.15) is 0 Å². The fourth-order valence-electron chi connectivity index (χ4n) is 2.47. The van der Waals surface area contributed by atoms with E-state index in [9.17, 15) is 9.90 Å². The molecule has 2 aromatic rings. The van der Waals surface area contributed by atoms with E-state index >= 15 is 0 Å². The van der Waals surface area contributed by atoms with Crippen LogP contribution in [0.2, 0.25) is 0 Å².